The Morgan fingerprint density at radius 3 is 2.44 bits per heavy atom. The van der Waals surface area contributed by atoms with Gasteiger partial charge >= 0.3 is 5.97 Å². The summed E-state index contributed by atoms with van der Waals surface area (Å²) in [6.45, 7) is 4.59. The van der Waals surface area contributed by atoms with E-state index in [1.165, 1.54) is 0 Å². The van der Waals surface area contributed by atoms with Crippen molar-refractivity contribution in [2.24, 2.45) is 0 Å². The van der Waals surface area contributed by atoms with Crippen LogP contribution in [0.4, 0.5) is 0 Å². The van der Waals surface area contributed by atoms with Crippen molar-refractivity contribution in [3.63, 3.8) is 0 Å². The summed E-state index contributed by atoms with van der Waals surface area (Å²) >= 11 is 3.43. The van der Waals surface area contributed by atoms with E-state index in [0.29, 0.717) is 10.0 Å². The number of nitrogens with zero attached hydrogens (tertiary/aromatic N) is 1. The highest BCUT2D eigenvalue weighted by Crippen LogP contribution is 2.35. The molecule has 1 N–H and O–H groups in total. The van der Waals surface area contributed by atoms with E-state index in [1.54, 1.807) is 0 Å². The Bertz CT molecular complexity index is 588. The Kier molecular flexibility index (Phi) is 3.57. The van der Waals surface area contributed by atoms with Crippen LogP contribution in [0.1, 0.15) is 23.0 Å². The second kappa shape index (κ2) is 4.98. The standard InChI is InChI=1S/C14H14BrNO2/c1-3-16-9(2)11(14(17)18)12(15)13(16)10-7-5-4-6-8-10/h4-8H,3H2,1-2H3,(H,17,18). The van der Waals surface area contributed by atoms with Crippen LogP contribution in [-0.2, 0) is 6.54 Å². The topological polar surface area (TPSA) is 42.2 Å². The van der Waals surface area contributed by atoms with Gasteiger partial charge in [0.1, 0.15) is 0 Å². The molecule has 0 bridgehead atoms. The van der Waals surface area contributed by atoms with Crippen LogP contribution in [0.15, 0.2) is 34.8 Å². The summed E-state index contributed by atoms with van der Waals surface area (Å²) in [5, 5.41) is 9.28. The summed E-state index contributed by atoms with van der Waals surface area (Å²) in [4.78, 5) is 11.3. The SMILES string of the molecule is CCn1c(C)c(C(=O)O)c(Br)c1-c1ccccc1. The van der Waals surface area contributed by atoms with Crippen molar-refractivity contribution in [2.45, 2.75) is 20.4 Å². The Morgan fingerprint density at radius 2 is 1.94 bits per heavy atom. The highest BCUT2D eigenvalue weighted by molar-refractivity contribution is 9.10. The molecule has 18 heavy (non-hydrogen) atoms. The number of rotatable bonds is 3. The molecule has 0 unspecified atom stereocenters. The van der Waals surface area contributed by atoms with Crippen LogP contribution in [0, 0.1) is 6.92 Å². The van der Waals surface area contributed by atoms with Gasteiger partial charge in [0.2, 0.25) is 0 Å². The van der Waals surface area contributed by atoms with Crippen LogP contribution >= 0.6 is 15.9 Å². The molecular weight excluding hydrogens is 294 g/mol. The molecule has 0 fully saturated rings. The van der Waals surface area contributed by atoms with Gasteiger partial charge in [-0.25, -0.2) is 4.79 Å². The smallest absolute Gasteiger partial charge is 0.338 e. The predicted octanol–water partition coefficient (Wildman–Crippen LogP) is 3.94. The molecular formula is C14H14BrNO2. The largest absolute Gasteiger partial charge is 0.478 e. The van der Waals surface area contributed by atoms with E-state index in [4.69, 9.17) is 0 Å². The zero-order valence-corrected chi connectivity index (χ0v) is 11.9. The van der Waals surface area contributed by atoms with Crippen molar-refractivity contribution < 1.29 is 9.90 Å². The lowest BCUT2D eigenvalue weighted by atomic mass is 10.1. The number of hydrogen-bond acceptors (Lipinski definition) is 1. The molecule has 0 atom stereocenters. The first-order valence-corrected chi connectivity index (χ1v) is 6.54. The number of benzene rings is 1. The maximum Gasteiger partial charge on any atom is 0.338 e. The summed E-state index contributed by atoms with van der Waals surface area (Å²) < 4.78 is 2.67. The molecule has 94 valence electrons. The Balaban J connectivity index is 2.75. The van der Waals surface area contributed by atoms with Gasteiger partial charge in [-0.1, -0.05) is 30.3 Å². The lowest BCUT2D eigenvalue weighted by Gasteiger charge is -2.09. The zero-order valence-electron chi connectivity index (χ0n) is 10.3. The monoisotopic (exact) mass is 307 g/mol. The van der Waals surface area contributed by atoms with Crippen molar-refractivity contribution >= 4 is 21.9 Å². The van der Waals surface area contributed by atoms with Gasteiger partial charge in [0.15, 0.2) is 0 Å². The third-order valence-electron chi connectivity index (χ3n) is 3.04. The van der Waals surface area contributed by atoms with Crippen molar-refractivity contribution in [3.05, 3.63) is 46.1 Å². The summed E-state index contributed by atoms with van der Waals surface area (Å²) in [6.07, 6.45) is 0. The number of carboxylic acids is 1. The van der Waals surface area contributed by atoms with Gasteiger partial charge < -0.3 is 9.67 Å². The van der Waals surface area contributed by atoms with Crippen LogP contribution in [0.3, 0.4) is 0 Å². The highest BCUT2D eigenvalue weighted by atomic mass is 79.9. The first-order chi connectivity index (χ1) is 8.57. The number of aromatic nitrogens is 1. The Labute approximate surface area is 114 Å². The predicted molar refractivity (Wildman–Crippen MR) is 74.9 cm³/mol. The summed E-state index contributed by atoms with van der Waals surface area (Å²) in [5.74, 6) is -0.899. The minimum atomic E-state index is -0.899. The molecule has 0 aliphatic carbocycles. The fourth-order valence-corrected chi connectivity index (χ4v) is 3.12. The van der Waals surface area contributed by atoms with E-state index < -0.39 is 5.97 Å². The summed E-state index contributed by atoms with van der Waals surface area (Å²) in [7, 11) is 0. The van der Waals surface area contributed by atoms with Crippen molar-refractivity contribution in [3.8, 4) is 11.3 Å². The number of aromatic carboxylic acids is 1. The molecule has 3 nitrogen and oxygen atoms in total. The van der Waals surface area contributed by atoms with Crippen LogP contribution in [0.25, 0.3) is 11.3 Å². The summed E-state index contributed by atoms with van der Waals surface area (Å²) in [5.41, 5.74) is 3.06. The normalized spacial score (nSPS) is 10.6. The van der Waals surface area contributed by atoms with Crippen LogP contribution in [0.2, 0.25) is 0 Å². The van der Waals surface area contributed by atoms with Gasteiger partial charge in [0.05, 0.1) is 15.7 Å². The van der Waals surface area contributed by atoms with E-state index in [1.807, 2.05) is 48.7 Å². The van der Waals surface area contributed by atoms with Crippen LogP contribution < -0.4 is 0 Å². The van der Waals surface area contributed by atoms with E-state index in [0.717, 1.165) is 23.5 Å². The average Bonchev–Trinajstić information content (AvgIpc) is 2.61. The highest BCUT2D eigenvalue weighted by Gasteiger charge is 2.23. The van der Waals surface area contributed by atoms with Gasteiger partial charge in [-0.3, -0.25) is 0 Å². The van der Waals surface area contributed by atoms with E-state index in [-0.39, 0.29) is 0 Å². The zero-order chi connectivity index (χ0) is 13.3. The van der Waals surface area contributed by atoms with Gasteiger partial charge in [-0.2, -0.15) is 0 Å². The van der Waals surface area contributed by atoms with Crippen molar-refractivity contribution in [1.29, 1.82) is 0 Å². The number of carbonyl (C=O) groups is 1. The Morgan fingerprint density at radius 1 is 1.33 bits per heavy atom. The average molecular weight is 308 g/mol. The molecule has 1 aromatic carbocycles. The first kappa shape index (κ1) is 12.9. The minimum Gasteiger partial charge on any atom is -0.478 e. The molecule has 0 saturated heterocycles. The quantitative estimate of drug-likeness (QED) is 0.933. The molecule has 4 heteroatoms. The maximum absolute atomic E-state index is 11.3. The lowest BCUT2D eigenvalue weighted by Crippen LogP contribution is -2.02. The molecule has 1 heterocycles. The molecule has 0 spiro atoms. The van der Waals surface area contributed by atoms with Gasteiger partial charge in [0, 0.05) is 12.2 Å². The lowest BCUT2D eigenvalue weighted by molar-refractivity contribution is 0.0695. The second-order valence-electron chi connectivity index (χ2n) is 4.04. The molecule has 0 aliphatic heterocycles. The number of hydrogen-bond donors (Lipinski definition) is 1. The number of halogens is 1. The fourth-order valence-electron chi connectivity index (χ4n) is 2.22. The molecule has 0 amide bonds. The van der Waals surface area contributed by atoms with Crippen molar-refractivity contribution in [2.75, 3.05) is 0 Å². The molecule has 2 rings (SSSR count). The first-order valence-electron chi connectivity index (χ1n) is 5.75. The van der Waals surface area contributed by atoms with E-state index >= 15 is 0 Å². The minimum absolute atomic E-state index is 0.343. The summed E-state index contributed by atoms with van der Waals surface area (Å²) in [6, 6.07) is 9.81. The Hall–Kier alpha value is -1.55. The molecule has 1 aromatic heterocycles. The van der Waals surface area contributed by atoms with E-state index in [9.17, 15) is 9.90 Å². The number of carboxylic acid groups (broad SMARTS) is 1. The van der Waals surface area contributed by atoms with E-state index in [2.05, 4.69) is 15.9 Å². The van der Waals surface area contributed by atoms with Gasteiger partial charge in [-0.05, 0) is 35.3 Å². The van der Waals surface area contributed by atoms with Gasteiger partial charge in [-0.15, -0.1) is 0 Å². The molecule has 0 saturated carbocycles. The molecule has 0 radical (unpaired) electrons. The third-order valence-corrected chi connectivity index (χ3v) is 3.81. The third kappa shape index (κ3) is 1.97. The second-order valence-corrected chi connectivity index (χ2v) is 4.83. The van der Waals surface area contributed by atoms with Crippen LogP contribution in [-0.4, -0.2) is 15.6 Å². The fraction of sp³-hybridized carbons (Fsp3) is 0.214. The maximum atomic E-state index is 11.3. The molecule has 0 aliphatic rings. The van der Waals surface area contributed by atoms with Crippen LogP contribution in [0.5, 0.6) is 0 Å². The molecule has 2 aromatic rings. The van der Waals surface area contributed by atoms with Crippen molar-refractivity contribution in [1.82, 2.24) is 4.57 Å². The van der Waals surface area contributed by atoms with Gasteiger partial charge in [0.25, 0.3) is 0 Å².